The minimum atomic E-state index is -0.754. The molecule has 0 saturated carbocycles. The molecule has 0 atom stereocenters. The molecule has 0 saturated heterocycles. The van der Waals surface area contributed by atoms with Crippen molar-refractivity contribution in [2.24, 2.45) is 0 Å². The molecule has 4 rings (SSSR count). The second kappa shape index (κ2) is 9.15. The second-order valence-corrected chi connectivity index (χ2v) is 8.56. The van der Waals surface area contributed by atoms with Crippen LogP contribution < -0.4 is 4.90 Å². The largest absolute Gasteiger partial charge is 0.454 e. The molecule has 0 unspecified atom stereocenters. The predicted octanol–water partition coefficient (Wildman–Crippen LogP) is 6.14. The monoisotopic (exact) mass is 521 g/mol. The van der Waals surface area contributed by atoms with E-state index in [0.29, 0.717) is 5.02 Å². The molecule has 3 aromatic carbocycles. The van der Waals surface area contributed by atoms with Gasteiger partial charge in [-0.15, -0.1) is 0 Å². The zero-order valence-electron chi connectivity index (χ0n) is 16.4. The number of ketones is 1. The van der Waals surface area contributed by atoms with Crippen LogP contribution in [0.1, 0.15) is 41.4 Å². The van der Waals surface area contributed by atoms with Crippen molar-refractivity contribution < 1.29 is 23.9 Å². The lowest BCUT2D eigenvalue weighted by atomic mass is 10.1. The van der Waals surface area contributed by atoms with Gasteiger partial charge in [-0.1, -0.05) is 46.4 Å². The maximum atomic E-state index is 12.7. The van der Waals surface area contributed by atoms with E-state index in [9.17, 15) is 19.2 Å². The molecule has 0 bridgehead atoms. The number of anilines is 1. The van der Waals surface area contributed by atoms with Gasteiger partial charge in [0.2, 0.25) is 0 Å². The van der Waals surface area contributed by atoms with Gasteiger partial charge in [0.15, 0.2) is 12.4 Å². The molecule has 1 heterocycles. The Bertz CT molecular complexity index is 1300. The summed E-state index contributed by atoms with van der Waals surface area (Å²) in [7, 11) is 0. The van der Waals surface area contributed by atoms with Crippen molar-refractivity contribution in [1.82, 2.24) is 0 Å². The molecule has 0 aromatic heterocycles. The molecule has 0 fully saturated rings. The Hall–Kier alpha value is -2.90. The van der Waals surface area contributed by atoms with E-state index in [4.69, 9.17) is 51.1 Å². The van der Waals surface area contributed by atoms with Crippen molar-refractivity contribution in [2.75, 3.05) is 11.5 Å². The molecule has 0 radical (unpaired) electrons. The van der Waals surface area contributed by atoms with E-state index < -0.39 is 30.2 Å². The molecule has 6 nitrogen and oxygen atoms in total. The Kier molecular flexibility index (Phi) is 6.45. The summed E-state index contributed by atoms with van der Waals surface area (Å²) in [6, 6.07) is 12.6. The molecule has 1 aliphatic rings. The molecule has 1 aliphatic heterocycles. The van der Waals surface area contributed by atoms with Crippen LogP contribution in [0.5, 0.6) is 0 Å². The number of halogens is 4. The maximum absolute atomic E-state index is 12.7. The van der Waals surface area contributed by atoms with E-state index in [2.05, 4.69) is 0 Å². The minimum Gasteiger partial charge on any atom is -0.454 e. The number of nitrogens with zero attached hydrogens (tertiary/aromatic N) is 1. The van der Waals surface area contributed by atoms with Gasteiger partial charge in [0, 0.05) is 5.56 Å². The zero-order valence-corrected chi connectivity index (χ0v) is 19.4. The normalized spacial score (nSPS) is 12.7. The summed E-state index contributed by atoms with van der Waals surface area (Å²) in [6.45, 7) is -0.502. The van der Waals surface area contributed by atoms with Gasteiger partial charge in [-0.25, -0.2) is 9.69 Å². The van der Waals surface area contributed by atoms with Crippen molar-refractivity contribution in [2.45, 2.75) is 0 Å². The Labute approximate surface area is 207 Å². The number of carbonyl (C=O) groups excluding carboxylic acids is 4. The van der Waals surface area contributed by atoms with Gasteiger partial charge in [-0.3, -0.25) is 14.4 Å². The number of imide groups is 1. The highest BCUT2D eigenvalue weighted by atomic mass is 35.5. The fourth-order valence-corrected chi connectivity index (χ4v) is 3.81. The van der Waals surface area contributed by atoms with E-state index in [-0.39, 0.29) is 43.0 Å². The molecule has 0 aliphatic carbocycles. The Morgan fingerprint density at radius 3 is 1.76 bits per heavy atom. The van der Waals surface area contributed by atoms with Gasteiger partial charge < -0.3 is 4.74 Å². The van der Waals surface area contributed by atoms with Crippen molar-refractivity contribution in [1.29, 1.82) is 0 Å². The first kappa shape index (κ1) is 23.3. The Morgan fingerprint density at radius 2 is 1.21 bits per heavy atom. The number of hydrogen-bond donors (Lipinski definition) is 0. The summed E-state index contributed by atoms with van der Waals surface area (Å²) in [4.78, 5) is 50.9. The number of esters is 1. The molecule has 10 heteroatoms. The molecule has 2 amide bonds. The highest BCUT2D eigenvalue weighted by Crippen LogP contribution is 2.34. The van der Waals surface area contributed by atoms with E-state index in [1.807, 2.05) is 0 Å². The number of carbonyl (C=O) groups is 4. The summed E-state index contributed by atoms with van der Waals surface area (Å²) in [5, 5.41) is 0.829. The number of amides is 2. The first-order chi connectivity index (χ1) is 15.7. The number of rotatable bonds is 5. The van der Waals surface area contributed by atoms with Gasteiger partial charge >= 0.3 is 5.97 Å². The highest BCUT2D eigenvalue weighted by molar-refractivity contribution is 6.44. The van der Waals surface area contributed by atoms with Crippen LogP contribution in [0, 0.1) is 0 Å². The standard InChI is InChI=1S/C23H11Cl4NO5/c24-16-6-3-12(7-17(16)25)20(29)10-33-23(32)11-1-4-13(5-2-11)28-21(30)14-8-18(26)19(27)9-15(14)22(28)31/h1-9H,10H2. The zero-order chi connectivity index (χ0) is 23.9. The highest BCUT2D eigenvalue weighted by Gasteiger charge is 2.37. The number of benzene rings is 3. The minimum absolute atomic E-state index is 0.128. The fraction of sp³-hybridized carbons (Fsp3) is 0.0435. The van der Waals surface area contributed by atoms with Crippen LogP contribution >= 0.6 is 46.4 Å². The number of fused-ring (bicyclic) bond motifs is 1. The van der Waals surface area contributed by atoms with E-state index in [1.54, 1.807) is 0 Å². The van der Waals surface area contributed by atoms with Crippen LogP contribution in [0.4, 0.5) is 5.69 Å². The molecular weight excluding hydrogens is 512 g/mol. The van der Waals surface area contributed by atoms with Gasteiger partial charge in [0.05, 0.1) is 42.5 Å². The summed E-state index contributed by atoms with van der Waals surface area (Å²) in [5.41, 5.74) is 0.899. The maximum Gasteiger partial charge on any atom is 0.338 e. The first-order valence-corrected chi connectivity index (χ1v) is 10.8. The third-order valence-electron chi connectivity index (χ3n) is 4.86. The van der Waals surface area contributed by atoms with Crippen molar-refractivity contribution in [3.8, 4) is 0 Å². The summed E-state index contributed by atoms with van der Waals surface area (Å²) >= 11 is 23.6. The topological polar surface area (TPSA) is 80.8 Å². The molecule has 0 spiro atoms. The second-order valence-electron chi connectivity index (χ2n) is 6.93. The van der Waals surface area contributed by atoms with Crippen LogP contribution in [0.15, 0.2) is 54.6 Å². The summed E-state index contributed by atoms with van der Waals surface area (Å²) in [5.74, 6) is -2.33. The average molecular weight is 523 g/mol. The molecule has 0 N–H and O–H groups in total. The van der Waals surface area contributed by atoms with Crippen molar-refractivity contribution >= 4 is 75.7 Å². The predicted molar refractivity (Wildman–Crippen MR) is 125 cm³/mol. The van der Waals surface area contributed by atoms with Gasteiger partial charge in [-0.05, 0) is 54.6 Å². The van der Waals surface area contributed by atoms with Crippen molar-refractivity contribution in [3.63, 3.8) is 0 Å². The van der Waals surface area contributed by atoms with Crippen molar-refractivity contribution in [3.05, 3.63) is 96.9 Å². The smallest absolute Gasteiger partial charge is 0.338 e. The Balaban J connectivity index is 1.45. The number of Topliss-reactive ketones (excluding diaryl/α,β-unsaturated/α-hetero) is 1. The van der Waals surface area contributed by atoms with E-state index in [0.717, 1.165) is 4.90 Å². The van der Waals surface area contributed by atoms with Crippen LogP contribution in [0.2, 0.25) is 20.1 Å². The average Bonchev–Trinajstić information content (AvgIpc) is 3.03. The lowest BCUT2D eigenvalue weighted by Gasteiger charge is -2.14. The third-order valence-corrected chi connectivity index (χ3v) is 6.33. The quantitative estimate of drug-likeness (QED) is 0.228. The first-order valence-electron chi connectivity index (χ1n) is 9.30. The van der Waals surface area contributed by atoms with Crippen LogP contribution in [-0.4, -0.2) is 30.2 Å². The molecule has 3 aromatic rings. The van der Waals surface area contributed by atoms with Crippen LogP contribution in [0.25, 0.3) is 0 Å². The number of ether oxygens (including phenoxy) is 1. The van der Waals surface area contributed by atoms with Gasteiger partial charge in [0.1, 0.15) is 0 Å². The van der Waals surface area contributed by atoms with Gasteiger partial charge in [0.25, 0.3) is 11.8 Å². The SMILES string of the molecule is O=C(COC(=O)c1ccc(N2C(=O)c3cc(Cl)c(Cl)cc3C2=O)cc1)c1ccc(Cl)c(Cl)c1. The lowest BCUT2D eigenvalue weighted by molar-refractivity contribution is 0.0474. The molecule has 33 heavy (non-hydrogen) atoms. The molecule has 166 valence electrons. The third kappa shape index (κ3) is 4.48. The van der Waals surface area contributed by atoms with Crippen LogP contribution in [0.3, 0.4) is 0 Å². The summed E-state index contributed by atoms with van der Waals surface area (Å²) in [6.07, 6.45) is 0. The number of hydrogen-bond acceptors (Lipinski definition) is 5. The van der Waals surface area contributed by atoms with Crippen LogP contribution in [-0.2, 0) is 4.74 Å². The van der Waals surface area contributed by atoms with E-state index >= 15 is 0 Å². The Morgan fingerprint density at radius 1 is 0.697 bits per heavy atom. The van der Waals surface area contributed by atoms with Gasteiger partial charge in [-0.2, -0.15) is 0 Å². The van der Waals surface area contributed by atoms with E-state index in [1.165, 1.54) is 54.6 Å². The lowest BCUT2D eigenvalue weighted by Crippen LogP contribution is -2.29. The fourth-order valence-electron chi connectivity index (χ4n) is 3.18. The molecular formula is C23H11Cl4NO5. The summed E-state index contributed by atoms with van der Waals surface area (Å²) < 4.78 is 5.06.